The van der Waals surface area contributed by atoms with Gasteiger partial charge in [0.2, 0.25) is 0 Å². The van der Waals surface area contributed by atoms with Gasteiger partial charge in [-0.3, -0.25) is 0 Å². The smallest absolute Gasteiger partial charge is 0.141 e. The van der Waals surface area contributed by atoms with Gasteiger partial charge in [0.1, 0.15) is 11.5 Å². The molecule has 2 aromatic carbocycles. The minimum absolute atomic E-state index is 0.306. The number of hydrogen-bond acceptors (Lipinski definition) is 2. The molecule has 0 radical (unpaired) electrons. The van der Waals surface area contributed by atoms with Crippen LogP contribution in [0, 0.1) is 0 Å². The van der Waals surface area contributed by atoms with Crippen LogP contribution in [0.3, 0.4) is 0 Å². The molecule has 19 heavy (non-hydrogen) atoms. The first kappa shape index (κ1) is 14.4. The van der Waals surface area contributed by atoms with E-state index in [-0.39, 0.29) is 0 Å². The van der Waals surface area contributed by atoms with Crippen LogP contribution < -0.4 is 10.1 Å². The Kier molecular flexibility index (Phi) is 4.86. The predicted octanol–water partition coefficient (Wildman–Crippen LogP) is 5.18. The molecule has 0 bridgehead atoms. The molecule has 4 heteroatoms. The quantitative estimate of drug-likeness (QED) is 0.828. The SMILES string of the molecule is CNC(C)c1ccc(Oc2ccc(Cl)cc2)c(Br)c1. The highest BCUT2D eigenvalue weighted by atomic mass is 79.9. The standard InChI is InChI=1S/C15H15BrClNO/c1-10(18-2)11-3-8-15(14(16)9-11)19-13-6-4-12(17)5-7-13/h3-10,18H,1-2H3. The summed E-state index contributed by atoms with van der Waals surface area (Å²) in [6.45, 7) is 2.11. The largest absolute Gasteiger partial charge is 0.456 e. The molecule has 0 saturated heterocycles. The third-order valence-electron chi connectivity index (χ3n) is 2.93. The molecular formula is C15H15BrClNO. The monoisotopic (exact) mass is 339 g/mol. The van der Waals surface area contributed by atoms with E-state index in [1.54, 1.807) is 0 Å². The lowest BCUT2D eigenvalue weighted by Crippen LogP contribution is -2.12. The summed E-state index contributed by atoms with van der Waals surface area (Å²) < 4.78 is 6.74. The summed E-state index contributed by atoms with van der Waals surface area (Å²) in [6.07, 6.45) is 0. The molecule has 0 aromatic heterocycles. The van der Waals surface area contributed by atoms with E-state index in [0.29, 0.717) is 11.1 Å². The Balaban J connectivity index is 2.19. The van der Waals surface area contributed by atoms with Gasteiger partial charge < -0.3 is 10.1 Å². The van der Waals surface area contributed by atoms with Gasteiger partial charge in [-0.1, -0.05) is 17.7 Å². The molecule has 0 amide bonds. The molecule has 2 rings (SSSR count). The summed E-state index contributed by atoms with van der Waals surface area (Å²) in [4.78, 5) is 0. The van der Waals surface area contributed by atoms with Gasteiger partial charge in [-0.05, 0) is 71.9 Å². The first-order chi connectivity index (χ1) is 9.10. The second-order valence-electron chi connectivity index (χ2n) is 4.26. The highest BCUT2D eigenvalue weighted by Crippen LogP contribution is 2.32. The lowest BCUT2D eigenvalue weighted by atomic mass is 10.1. The van der Waals surface area contributed by atoms with Gasteiger partial charge in [-0.25, -0.2) is 0 Å². The lowest BCUT2D eigenvalue weighted by Gasteiger charge is -2.13. The molecule has 1 unspecified atom stereocenters. The summed E-state index contributed by atoms with van der Waals surface area (Å²) in [7, 11) is 1.94. The number of rotatable bonds is 4. The summed E-state index contributed by atoms with van der Waals surface area (Å²) in [5, 5.41) is 3.91. The fourth-order valence-corrected chi connectivity index (χ4v) is 2.27. The van der Waals surface area contributed by atoms with Gasteiger partial charge >= 0.3 is 0 Å². The van der Waals surface area contributed by atoms with Gasteiger partial charge in [0.05, 0.1) is 4.47 Å². The summed E-state index contributed by atoms with van der Waals surface area (Å²) >= 11 is 9.38. The van der Waals surface area contributed by atoms with E-state index in [4.69, 9.17) is 16.3 Å². The van der Waals surface area contributed by atoms with Crippen LogP contribution in [0.15, 0.2) is 46.9 Å². The first-order valence-electron chi connectivity index (χ1n) is 6.00. The number of halogens is 2. The third-order valence-corrected chi connectivity index (χ3v) is 3.80. The van der Waals surface area contributed by atoms with E-state index in [9.17, 15) is 0 Å². The van der Waals surface area contributed by atoms with Crippen molar-refractivity contribution in [2.24, 2.45) is 0 Å². The van der Waals surface area contributed by atoms with Crippen molar-refractivity contribution in [1.29, 1.82) is 0 Å². The van der Waals surface area contributed by atoms with Crippen LogP contribution >= 0.6 is 27.5 Å². The van der Waals surface area contributed by atoms with Crippen LogP contribution in [0.1, 0.15) is 18.5 Å². The molecular weight excluding hydrogens is 326 g/mol. The van der Waals surface area contributed by atoms with Crippen LogP contribution in [0.4, 0.5) is 0 Å². The Morgan fingerprint density at radius 1 is 1.16 bits per heavy atom. The fourth-order valence-electron chi connectivity index (χ4n) is 1.67. The number of ether oxygens (including phenoxy) is 1. The summed E-state index contributed by atoms with van der Waals surface area (Å²) in [6, 6.07) is 13.7. The summed E-state index contributed by atoms with van der Waals surface area (Å²) in [5.74, 6) is 1.55. The zero-order valence-electron chi connectivity index (χ0n) is 10.8. The summed E-state index contributed by atoms with van der Waals surface area (Å²) in [5.41, 5.74) is 1.21. The normalized spacial score (nSPS) is 12.2. The van der Waals surface area contributed by atoms with Crippen molar-refractivity contribution in [3.8, 4) is 11.5 Å². The molecule has 2 nitrogen and oxygen atoms in total. The lowest BCUT2D eigenvalue weighted by molar-refractivity contribution is 0.479. The van der Waals surface area contributed by atoms with Crippen molar-refractivity contribution >= 4 is 27.5 Å². The van der Waals surface area contributed by atoms with Crippen molar-refractivity contribution in [3.05, 3.63) is 57.5 Å². The molecule has 100 valence electrons. The van der Waals surface area contributed by atoms with E-state index in [0.717, 1.165) is 16.0 Å². The Morgan fingerprint density at radius 3 is 2.42 bits per heavy atom. The Hall–Kier alpha value is -1.03. The number of hydrogen-bond donors (Lipinski definition) is 1. The van der Waals surface area contributed by atoms with Crippen molar-refractivity contribution in [2.45, 2.75) is 13.0 Å². The molecule has 0 spiro atoms. The van der Waals surface area contributed by atoms with Gasteiger partial charge in [-0.15, -0.1) is 0 Å². The second kappa shape index (κ2) is 6.42. The van der Waals surface area contributed by atoms with E-state index in [2.05, 4.69) is 40.3 Å². The second-order valence-corrected chi connectivity index (χ2v) is 5.55. The molecule has 1 N–H and O–H groups in total. The van der Waals surface area contributed by atoms with Crippen molar-refractivity contribution in [3.63, 3.8) is 0 Å². The van der Waals surface area contributed by atoms with Crippen LogP contribution in [0.5, 0.6) is 11.5 Å². The Morgan fingerprint density at radius 2 is 1.84 bits per heavy atom. The zero-order chi connectivity index (χ0) is 13.8. The highest BCUT2D eigenvalue weighted by Gasteiger charge is 2.07. The maximum atomic E-state index is 5.85. The van der Waals surface area contributed by atoms with Crippen LogP contribution in [-0.2, 0) is 0 Å². The third kappa shape index (κ3) is 3.72. The zero-order valence-corrected chi connectivity index (χ0v) is 13.1. The maximum Gasteiger partial charge on any atom is 0.141 e. The van der Waals surface area contributed by atoms with Crippen molar-refractivity contribution < 1.29 is 4.74 Å². The van der Waals surface area contributed by atoms with E-state index >= 15 is 0 Å². The molecule has 0 saturated carbocycles. The topological polar surface area (TPSA) is 21.3 Å². The average molecular weight is 341 g/mol. The van der Waals surface area contributed by atoms with Gasteiger partial charge in [-0.2, -0.15) is 0 Å². The molecule has 0 fully saturated rings. The molecule has 0 heterocycles. The minimum atomic E-state index is 0.306. The Bertz CT molecular complexity index is 557. The van der Waals surface area contributed by atoms with E-state index in [1.807, 2.05) is 37.4 Å². The van der Waals surface area contributed by atoms with Crippen molar-refractivity contribution in [2.75, 3.05) is 7.05 Å². The van der Waals surface area contributed by atoms with Gasteiger partial charge in [0, 0.05) is 11.1 Å². The van der Waals surface area contributed by atoms with Crippen LogP contribution in [0.2, 0.25) is 5.02 Å². The Labute approximate surface area is 126 Å². The van der Waals surface area contributed by atoms with Gasteiger partial charge in [0.15, 0.2) is 0 Å². The number of benzene rings is 2. The number of nitrogens with one attached hydrogen (secondary N) is 1. The average Bonchev–Trinajstić information content (AvgIpc) is 2.42. The molecule has 2 aromatic rings. The fraction of sp³-hybridized carbons (Fsp3) is 0.200. The molecule has 0 aliphatic heterocycles. The van der Waals surface area contributed by atoms with Gasteiger partial charge in [0.25, 0.3) is 0 Å². The molecule has 0 aliphatic carbocycles. The van der Waals surface area contributed by atoms with E-state index < -0.39 is 0 Å². The van der Waals surface area contributed by atoms with Crippen LogP contribution in [0.25, 0.3) is 0 Å². The molecule has 0 aliphatic rings. The van der Waals surface area contributed by atoms with E-state index in [1.165, 1.54) is 5.56 Å². The van der Waals surface area contributed by atoms with Crippen LogP contribution in [-0.4, -0.2) is 7.05 Å². The molecule has 1 atom stereocenters. The maximum absolute atomic E-state index is 5.85. The minimum Gasteiger partial charge on any atom is -0.456 e. The van der Waals surface area contributed by atoms with Crippen molar-refractivity contribution in [1.82, 2.24) is 5.32 Å². The highest BCUT2D eigenvalue weighted by molar-refractivity contribution is 9.10. The first-order valence-corrected chi connectivity index (χ1v) is 7.17. The predicted molar refractivity (Wildman–Crippen MR) is 83.1 cm³/mol.